The van der Waals surface area contributed by atoms with E-state index in [2.05, 4.69) is 31.4 Å². The van der Waals surface area contributed by atoms with Gasteiger partial charge in [-0.25, -0.2) is 18.2 Å². The minimum Gasteiger partial charge on any atom is -0.391 e. The second-order valence-electron chi connectivity index (χ2n) is 17.2. The largest absolute Gasteiger partial charge is 0.391 e. The molecule has 68 heavy (non-hydrogen) atoms. The number of amides is 3. The van der Waals surface area contributed by atoms with Crippen LogP contribution in [0.15, 0.2) is 70.7 Å². The molecule has 2 aromatic heterocycles. The number of hydrogen-bond acceptors (Lipinski definition) is 12. The van der Waals surface area contributed by atoms with E-state index in [0.29, 0.717) is 53.1 Å². The first-order valence-electron chi connectivity index (χ1n) is 22.6. The number of aliphatic hydroxyl groups is 1. The Kier molecular flexibility index (Phi) is 19.1. The van der Waals surface area contributed by atoms with Gasteiger partial charge in [-0.2, -0.15) is 0 Å². The predicted octanol–water partition coefficient (Wildman–Crippen LogP) is 8.30. The van der Waals surface area contributed by atoms with Crippen LogP contribution in [0.3, 0.4) is 0 Å². The highest BCUT2D eigenvalue weighted by Gasteiger charge is 2.43. The van der Waals surface area contributed by atoms with Gasteiger partial charge in [-0.1, -0.05) is 49.7 Å². The van der Waals surface area contributed by atoms with Crippen LogP contribution in [-0.4, -0.2) is 95.2 Å². The summed E-state index contributed by atoms with van der Waals surface area (Å²) < 4.78 is 54.9. The number of aryl methyl sites for hydroxylation is 2. The molecule has 0 unspecified atom stereocenters. The first-order chi connectivity index (χ1) is 32.6. The first kappa shape index (κ1) is 52.2. The van der Waals surface area contributed by atoms with Crippen molar-refractivity contribution in [2.75, 3.05) is 44.7 Å². The van der Waals surface area contributed by atoms with Crippen molar-refractivity contribution >= 4 is 68.8 Å². The van der Waals surface area contributed by atoms with E-state index in [4.69, 9.17) is 9.26 Å². The van der Waals surface area contributed by atoms with E-state index in [0.717, 1.165) is 41.1 Å². The first-order valence-corrected chi connectivity index (χ1v) is 24.6. The second-order valence-corrected chi connectivity index (χ2v) is 19.3. The zero-order valence-corrected chi connectivity index (χ0v) is 41.4. The van der Waals surface area contributed by atoms with Crippen LogP contribution in [0.25, 0.3) is 10.4 Å². The van der Waals surface area contributed by atoms with Crippen LogP contribution in [0.2, 0.25) is 0 Å². The van der Waals surface area contributed by atoms with E-state index >= 15 is 0 Å². The van der Waals surface area contributed by atoms with Crippen molar-refractivity contribution in [2.45, 2.75) is 90.3 Å². The number of halogens is 4. The number of anilines is 2. The normalized spacial score (nSPS) is 15.6. The lowest BCUT2D eigenvalue weighted by Crippen LogP contribution is -2.49. The number of aliphatic hydroxyl groups excluding tert-OH is 1. The molecule has 0 saturated carbocycles. The average molecular weight is 1070 g/mol. The molecule has 1 fully saturated rings. The Morgan fingerprint density at radius 1 is 0.956 bits per heavy atom. The Morgan fingerprint density at radius 2 is 1.71 bits per heavy atom. The number of ketones is 1. The number of β-amino-alcohol motifs (C(OH)–C–C–N with tert-alkyl or cyclic N) is 1. The molecule has 0 aliphatic carbocycles. The number of ether oxygens (including phenoxy) is 1. The smallest absolute Gasteiger partial charge is 0.243 e. The number of thiazole rings is 1. The number of likely N-dealkylation sites (tertiary alicyclic amines) is 1. The highest BCUT2D eigenvalue weighted by molar-refractivity contribution is 14.1. The molecule has 1 aliphatic heterocycles. The van der Waals surface area contributed by atoms with E-state index in [1.54, 1.807) is 24.6 Å². The maximum absolute atomic E-state index is 14.7. The number of aromatic nitrogens is 2. The summed E-state index contributed by atoms with van der Waals surface area (Å²) in [4.78, 5) is 61.2. The minimum atomic E-state index is -1.30. The zero-order valence-electron chi connectivity index (χ0n) is 38.4. The molecule has 3 amide bonds. The molecule has 0 spiro atoms. The van der Waals surface area contributed by atoms with Crippen LogP contribution in [0.1, 0.15) is 97.4 Å². The number of carbonyl (C=O) groups is 4. The molecule has 0 radical (unpaired) electrons. The van der Waals surface area contributed by atoms with Gasteiger partial charge in [0.2, 0.25) is 17.7 Å². The SMILES string of the molecule is Cc1cc([C@H](C(=O)N2C[C@H](O)C[C@H]2C(=O)N[C@@H](CC(=O)NCCCCCNCCCOCC(=O)c2ccc(F)c(F)c2Nc2ccc(I)cc2F)c2ccc(-c3scnc3C)cc2)C(C)C)on1. The van der Waals surface area contributed by atoms with Crippen LogP contribution in [-0.2, 0) is 19.1 Å². The van der Waals surface area contributed by atoms with Crippen LogP contribution in [0.4, 0.5) is 24.5 Å². The van der Waals surface area contributed by atoms with Crippen molar-refractivity contribution in [1.29, 1.82) is 0 Å². The predicted molar refractivity (Wildman–Crippen MR) is 261 cm³/mol. The molecule has 5 N–H and O–H groups in total. The number of nitrogens with zero attached hydrogens (tertiary/aromatic N) is 3. The van der Waals surface area contributed by atoms with Crippen molar-refractivity contribution in [3.05, 3.63) is 115 Å². The lowest BCUT2D eigenvalue weighted by molar-refractivity contribution is -0.141. The molecule has 14 nitrogen and oxygen atoms in total. The van der Waals surface area contributed by atoms with Gasteiger partial charge in [0, 0.05) is 41.3 Å². The molecule has 6 rings (SSSR count). The average Bonchev–Trinajstić information content (AvgIpc) is 4.05. The Balaban J connectivity index is 0.939. The number of rotatable bonds is 24. The van der Waals surface area contributed by atoms with Crippen LogP contribution >= 0.6 is 33.9 Å². The van der Waals surface area contributed by atoms with Crippen molar-refractivity contribution in [1.82, 2.24) is 31.0 Å². The van der Waals surface area contributed by atoms with Crippen molar-refractivity contribution in [2.24, 2.45) is 5.92 Å². The lowest BCUT2D eigenvalue weighted by Gasteiger charge is -2.30. The van der Waals surface area contributed by atoms with Crippen molar-refractivity contribution in [3.8, 4) is 10.4 Å². The number of unbranched alkanes of at least 4 members (excludes halogenated alkanes) is 2. The summed E-state index contributed by atoms with van der Waals surface area (Å²) in [5.41, 5.74) is 4.25. The number of carbonyl (C=O) groups excluding carboxylic acids is 4. The molecule has 4 atom stereocenters. The summed E-state index contributed by atoms with van der Waals surface area (Å²) in [5, 5.41) is 26.5. The van der Waals surface area contributed by atoms with Gasteiger partial charge in [0.1, 0.15) is 30.1 Å². The molecule has 3 aromatic carbocycles. The summed E-state index contributed by atoms with van der Waals surface area (Å²) in [5.74, 6) is -5.30. The number of nitrogens with one attached hydrogen (secondary N) is 4. The maximum atomic E-state index is 14.7. The lowest BCUT2D eigenvalue weighted by atomic mass is 9.91. The molecular weight excluding hydrogens is 1010 g/mol. The Labute approximate surface area is 411 Å². The fraction of sp³-hybridized carbons (Fsp3) is 0.429. The Bertz CT molecular complexity index is 2520. The number of benzene rings is 3. The van der Waals surface area contributed by atoms with E-state index < -0.39 is 58.9 Å². The van der Waals surface area contributed by atoms with Crippen LogP contribution in [0.5, 0.6) is 0 Å². The third-order valence-electron chi connectivity index (χ3n) is 11.6. The van der Waals surface area contributed by atoms with E-state index in [1.165, 1.54) is 28.4 Å². The fourth-order valence-electron chi connectivity index (χ4n) is 8.05. The van der Waals surface area contributed by atoms with Crippen LogP contribution < -0.4 is 21.3 Å². The standard InChI is InChI=1S/C49H57F3IN7O7S/c1-28(2)44(42-21-29(3)59-67-42)49(65)60-25-34(61)23-40(60)48(64)58-39(31-9-11-32(12-10-31)47-30(4)56-27-68-47)24-43(63)55-19-7-5-6-17-54-18-8-20-66-26-41(62)35-14-15-36(50)45(52)46(35)57-38-16-13-33(53)22-37(38)51/h9-16,21-22,27-28,34,39-40,44,54,57,61H,5-8,17-20,23-26H2,1-4H3,(H,55,63)(H,58,64)/t34-,39+,40+,44-/m1/s1. The highest BCUT2D eigenvalue weighted by atomic mass is 127. The molecule has 3 heterocycles. The summed E-state index contributed by atoms with van der Waals surface area (Å²) in [6, 6.07) is 13.8. The van der Waals surface area contributed by atoms with Gasteiger partial charge in [-0.05, 0) is 116 Å². The third kappa shape index (κ3) is 14.0. The molecule has 1 saturated heterocycles. The quantitative estimate of drug-likeness (QED) is 0.0227. The summed E-state index contributed by atoms with van der Waals surface area (Å²) >= 11 is 3.45. The second kappa shape index (κ2) is 24.9. The van der Waals surface area contributed by atoms with Crippen molar-refractivity contribution in [3.63, 3.8) is 0 Å². The fourth-order valence-corrected chi connectivity index (χ4v) is 9.32. The van der Waals surface area contributed by atoms with Crippen LogP contribution in [0, 0.1) is 40.8 Å². The molecular formula is C49H57F3IN7O7S. The van der Waals surface area contributed by atoms with Gasteiger partial charge in [0.25, 0.3) is 0 Å². The summed E-state index contributed by atoms with van der Waals surface area (Å²) in [7, 11) is 0. The topological polar surface area (TPSA) is 188 Å². The summed E-state index contributed by atoms with van der Waals surface area (Å²) in [6.45, 7) is 9.07. The van der Waals surface area contributed by atoms with Gasteiger partial charge in [0.15, 0.2) is 17.4 Å². The molecule has 364 valence electrons. The molecule has 1 aliphatic rings. The molecule has 19 heteroatoms. The van der Waals surface area contributed by atoms with E-state index in [1.807, 2.05) is 67.6 Å². The monoisotopic (exact) mass is 1070 g/mol. The van der Waals surface area contributed by atoms with Gasteiger partial charge >= 0.3 is 0 Å². The van der Waals surface area contributed by atoms with Crippen molar-refractivity contribution < 1.29 is 46.7 Å². The molecule has 0 bridgehead atoms. The maximum Gasteiger partial charge on any atom is 0.243 e. The van der Waals surface area contributed by atoms with E-state index in [9.17, 15) is 37.5 Å². The molecule has 5 aromatic rings. The Morgan fingerprint density at radius 3 is 2.40 bits per heavy atom. The number of hydrogen-bond donors (Lipinski definition) is 5. The minimum absolute atomic E-state index is 0.0160. The summed E-state index contributed by atoms with van der Waals surface area (Å²) in [6.07, 6.45) is 2.05. The van der Waals surface area contributed by atoms with Gasteiger partial charge in [-0.3, -0.25) is 19.2 Å². The zero-order chi connectivity index (χ0) is 48.9. The highest BCUT2D eigenvalue weighted by Crippen LogP contribution is 2.33. The van der Waals surface area contributed by atoms with Gasteiger partial charge in [0.05, 0.1) is 51.7 Å². The van der Waals surface area contributed by atoms with E-state index in [-0.39, 0.29) is 61.6 Å². The third-order valence-corrected chi connectivity index (χ3v) is 13.2. The van der Waals surface area contributed by atoms with Gasteiger partial charge < -0.3 is 40.5 Å². The Hall–Kier alpha value is -5.22. The number of Topliss-reactive ketones (excluding diaryl/α,β-unsaturated/α-hetero) is 1. The van der Waals surface area contributed by atoms with Gasteiger partial charge in [-0.15, -0.1) is 11.3 Å².